The van der Waals surface area contributed by atoms with E-state index in [2.05, 4.69) is 10.6 Å². The van der Waals surface area contributed by atoms with Crippen LogP contribution in [0.25, 0.3) is 0 Å². The number of hydrogen-bond acceptors (Lipinski definition) is 7. The zero-order chi connectivity index (χ0) is 24.6. The third-order valence-corrected chi connectivity index (χ3v) is 6.71. The van der Waals surface area contributed by atoms with Gasteiger partial charge in [-0.2, -0.15) is 0 Å². The van der Waals surface area contributed by atoms with Gasteiger partial charge in [0.1, 0.15) is 17.5 Å². The normalized spacial score (nSPS) is 19.1. The van der Waals surface area contributed by atoms with Gasteiger partial charge in [0.2, 0.25) is 12.7 Å². The topological polar surface area (TPSA) is 126 Å². The summed E-state index contributed by atoms with van der Waals surface area (Å²) in [6, 6.07) is 4.21. The van der Waals surface area contributed by atoms with Crippen LogP contribution >= 0.6 is 0 Å². The highest BCUT2D eigenvalue weighted by Gasteiger charge is 2.42. The van der Waals surface area contributed by atoms with Crippen LogP contribution in [-0.4, -0.2) is 47.1 Å². The molecule has 0 saturated heterocycles. The van der Waals surface area contributed by atoms with Crippen LogP contribution in [0.4, 0.5) is 0 Å². The third kappa shape index (κ3) is 4.23. The van der Waals surface area contributed by atoms with Crippen LogP contribution in [0.2, 0.25) is 0 Å². The number of carbonyl (C=O) groups is 2. The fourth-order valence-corrected chi connectivity index (χ4v) is 4.28. The Labute approximate surface area is 198 Å². The third-order valence-electron chi connectivity index (χ3n) is 6.71. The molecule has 0 radical (unpaired) electrons. The number of rotatable bonds is 6. The molecule has 2 amide bonds. The van der Waals surface area contributed by atoms with E-state index in [9.17, 15) is 19.8 Å². The van der Waals surface area contributed by atoms with E-state index in [4.69, 9.17) is 14.2 Å². The summed E-state index contributed by atoms with van der Waals surface area (Å²) in [6.07, 6.45) is 0.908. The summed E-state index contributed by atoms with van der Waals surface area (Å²) in [5, 5.41) is 25.5. The minimum absolute atomic E-state index is 0.162. The maximum atomic E-state index is 13.1. The fraction of sp³-hybridized carbons (Fsp3) is 0.440. The first kappa shape index (κ1) is 23.7. The van der Waals surface area contributed by atoms with Crippen LogP contribution < -0.4 is 24.8 Å². The average molecular weight is 471 g/mol. The van der Waals surface area contributed by atoms with Gasteiger partial charge in [-0.3, -0.25) is 9.59 Å². The minimum Gasteiger partial charge on any atom is -0.507 e. The highest BCUT2D eigenvalue weighted by Crippen LogP contribution is 2.43. The molecule has 2 heterocycles. The molecule has 34 heavy (non-hydrogen) atoms. The lowest BCUT2D eigenvalue weighted by molar-refractivity contribution is -0.140. The lowest BCUT2D eigenvalue weighted by Gasteiger charge is -2.37. The van der Waals surface area contributed by atoms with Gasteiger partial charge in [0.05, 0.1) is 6.61 Å². The van der Waals surface area contributed by atoms with E-state index >= 15 is 0 Å². The molecule has 0 bridgehead atoms. The number of nitrogens with one attached hydrogen (secondary N) is 2. The number of carbonyl (C=O) groups excluding carboxylic acids is 2. The minimum atomic E-state index is -1.22. The first-order valence-corrected chi connectivity index (χ1v) is 11.2. The number of phenols is 1. The summed E-state index contributed by atoms with van der Waals surface area (Å²) in [4.78, 5) is 25.8. The van der Waals surface area contributed by atoms with Gasteiger partial charge in [0.25, 0.3) is 5.91 Å². The van der Waals surface area contributed by atoms with Gasteiger partial charge in [-0.05, 0) is 68.5 Å². The van der Waals surface area contributed by atoms with Gasteiger partial charge in [-0.25, -0.2) is 0 Å². The number of amides is 2. The van der Waals surface area contributed by atoms with Crippen LogP contribution in [0.5, 0.6) is 23.0 Å². The van der Waals surface area contributed by atoms with Crippen molar-refractivity contribution >= 4 is 11.8 Å². The largest absolute Gasteiger partial charge is 0.507 e. The maximum Gasteiger partial charge on any atom is 0.264 e. The fourth-order valence-electron chi connectivity index (χ4n) is 4.28. The van der Waals surface area contributed by atoms with E-state index in [0.29, 0.717) is 35.7 Å². The zero-order valence-electron chi connectivity index (χ0n) is 19.8. The lowest BCUT2D eigenvalue weighted by Crippen LogP contribution is -2.57. The number of ether oxygens (including phenoxy) is 3. The van der Waals surface area contributed by atoms with Crippen LogP contribution in [0.3, 0.4) is 0 Å². The Bertz CT molecular complexity index is 1150. The molecule has 1 unspecified atom stereocenters. The summed E-state index contributed by atoms with van der Waals surface area (Å²) in [5.74, 6) is 1.08. The van der Waals surface area contributed by atoms with Gasteiger partial charge < -0.3 is 35.1 Å². The molecule has 2 aliphatic rings. The standard InChI is InChI=1S/C25H30N2O7/c1-13-14(2)22-17(15(3)21(13)29)7-8-25(4,34-22)24(31)27-18(11-28)23(30)26-10-16-5-6-19-20(9-16)33-12-32-19/h5-6,9,18,28-29H,7-8,10-12H2,1-4H3,(H,26,30)(H,27,31)/t18-,25?/m0/s1. The maximum absolute atomic E-state index is 13.1. The summed E-state index contributed by atoms with van der Waals surface area (Å²) >= 11 is 0. The Morgan fingerprint density at radius 2 is 1.85 bits per heavy atom. The zero-order valence-corrected chi connectivity index (χ0v) is 19.8. The summed E-state index contributed by atoms with van der Waals surface area (Å²) in [6.45, 7) is 6.95. The molecule has 0 spiro atoms. The number of phenolic OH excluding ortho intramolecular Hbond substituents is 1. The summed E-state index contributed by atoms with van der Waals surface area (Å²) in [7, 11) is 0. The van der Waals surface area contributed by atoms with Gasteiger partial charge in [-0.1, -0.05) is 6.07 Å². The molecule has 0 aromatic heterocycles. The van der Waals surface area contributed by atoms with Crippen molar-refractivity contribution in [3.05, 3.63) is 46.0 Å². The molecule has 2 aromatic rings. The SMILES string of the molecule is Cc1c(C)c2c(c(C)c1O)CCC(C)(C(=O)N[C@@H](CO)C(=O)NCc1ccc3c(c1)OCO3)O2. The Hall–Kier alpha value is -3.46. The van der Waals surface area contributed by atoms with E-state index in [1.807, 2.05) is 13.8 Å². The molecule has 0 aliphatic carbocycles. The number of aliphatic hydroxyl groups excluding tert-OH is 1. The molecule has 2 aliphatic heterocycles. The van der Waals surface area contributed by atoms with Crippen molar-refractivity contribution in [2.24, 2.45) is 0 Å². The monoisotopic (exact) mass is 470 g/mol. The molecule has 2 aromatic carbocycles. The van der Waals surface area contributed by atoms with E-state index in [1.165, 1.54) is 0 Å². The van der Waals surface area contributed by atoms with E-state index < -0.39 is 30.1 Å². The van der Waals surface area contributed by atoms with Gasteiger partial charge >= 0.3 is 0 Å². The van der Waals surface area contributed by atoms with Crippen molar-refractivity contribution in [1.29, 1.82) is 0 Å². The Balaban J connectivity index is 1.42. The molecule has 0 saturated carbocycles. The molecule has 9 heteroatoms. The van der Waals surface area contributed by atoms with Crippen molar-refractivity contribution in [3.8, 4) is 23.0 Å². The second-order valence-electron chi connectivity index (χ2n) is 8.98. The predicted molar refractivity (Wildman–Crippen MR) is 123 cm³/mol. The van der Waals surface area contributed by atoms with Crippen molar-refractivity contribution in [2.45, 2.75) is 58.7 Å². The summed E-state index contributed by atoms with van der Waals surface area (Å²) in [5.41, 5.74) is 2.68. The van der Waals surface area contributed by atoms with Crippen LogP contribution in [0.15, 0.2) is 18.2 Å². The number of fused-ring (bicyclic) bond motifs is 2. The van der Waals surface area contributed by atoms with Gasteiger partial charge in [-0.15, -0.1) is 0 Å². The van der Waals surface area contributed by atoms with Crippen molar-refractivity contribution < 1.29 is 34.0 Å². The van der Waals surface area contributed by atoms with Gasteiger partial charge in [0, 0.05) is 18.5 Å². The first-order chi connectivity index (χ1) is 16.1. The highest BCUT2D eigenvalue weighted by atomic mass is 16.7. The number of aromatic hydroxyl groups is 1. The van der Waals surface area contributed by atoms with Crippen LogP contribution in [0, 0.1) is 20.8 Å². The van der Waals surface area contributed by atoms with E-state index in [1.54, 1.807) is 32.0 Å². The molecule has 182 valence electrons. The second-order valence-corrected chi connectivity index (χ2v) is 8.98. The van der Waals surface area contributed by atoms with Crippen LogP contribution in [-0.2, 0) is 22.6 Å². The first-order valence-electron chi connectivity index (χ1n) is 11.2. The molecule has 4 rings (SSSR count). The Morgan fingerprint density at radius 3 is 2.59 bits per heavy atom. The van der Waals surface area contributed by atoms with Crippen molar-refractivity contribution in [1.82, 2.24) is 10.6 Å². The molecule has 4 N–H and O–H groups in total. The van der Waals surface area contributed by atoms with E-state index in [0.717, 1.165) is 22.3 Å². The Kier molecular flexibility index (Phi) is 6.31. The molecule has 9 nitrogen and oxygen atoms in total. The molecular formula is C25H30N2O7. The summed E-state index contributed by atoms with van der Waals surface area (Å²) < 4.78 is 16.8. The number of aliphatic hydroxyl groups is 1. The average Bonchev–Trinajstić information content (AvgIpc) is 3.31. The van der Waals surface area contributed by atoms with E-state index in [-0.39, 0.29) is 19.1 Å². The van der Waals surface area contributed by atoms with Crippen molar-refractivity contribution in [3.63, 3.8) is 0 Å². The number of hydrogen-bond donors (Lipinski definition) is 4. The lowest BCUT2D eigenvalue weighted by atomic mass is 9.86. The smallest absolute Gasteiger partial charge is 0.264 e. The molecule has 0 fully saturated rings. The van der Waals surface area contributed by atoms with Gasteiger partial charge in [0.15, 0.2) is 17.1 Å². The second kappa shape index (κ2) is 9.06. The number of benzene rings is 2. The quantitative estimate of drug-likeness (QED) is 0.508. The van der Waals surface area contributed by atoms with Crippen molar-refractivity contribution in [2.75, 3.05) is 13.4 Å². The highest BCUT2D eigenvalue weighted by molar-refractivity contribution is 5.92. The Morgan fingerprint density at radius 1 is 1.12 bits per heavy atom. The molecular weight excluding hydrogens is 440 g/mol. The van der Waals surface area contributed by atoms with Crippen LogP contribution in [0.1, 0.15) is 41.2 Å². The predicted octanol–water partition coefficient (Wildman–Crippen LogP) is 1.92. The molecule has 2 atom stereocenters.